The molecule has 0 bridgehead atoms. The van der Waals surface area contributed by atoms with E-state index in [2.05, 4.69) is 21.7 Å². The van der Waals surface area contributed by atoms with Crippen molar-refractivity contribution in [1.29, 1.82) is 0 Å². The second-order valence-corrected chi connectivity index (χ2v) is 5.96. The van der Waals surface area contributed by atoms with Crippen molar-refractivity contribution in [3.63, 3.8) is 0 Å². The Morgan fingerprint density at radius 1 is 1.23 bits per heavy atom. The standard InChI is InChI=1S/C21H21N3O2/c1-3-13-24-15(2)18(17-11-7-8-12-19(17)24)14-22-23-21(26)20(25)16-9-5-4-6-10-16/h3-12,14,20,25H,1,13H2,2H3,(H,23,26)/b22-14+. The lowest BCUT2D eigenvalue weighted by Crippen LogP contribution is -2.25. The van der Waals surface area contributed by atoms with Crippen molar-refractivity contribution in [1.82, 2.24) is 9.99 Å². The maximum atomic E-state index is 12.1. The van der Waals surface area contributed by atoms with E-state index in [-0.39, 0.29) is 0 Å². The van der Waals surface area contributed by atoms with Crippen molar-refractivity contribution in [3.8, 4) is 0 Å². The number of nitrogens with zero attached hydrogens (tertiary/aromatic N) is 2. The summed E-state index contributed by atoms with van der Waals surface area (Å²) in [5.41, 5.74) is 5.99. The van der Waals surface area contributed by atoms with Gasteiger partial charge in [-0.05, 0) is 18.6 Å². The van der Waals surface area contributed by atoms with Crippen LogP contribution in [0.25, 0.3) is 10.9 Å². The van der Waals surface area contributed by atoms with Crippen LogP contribution < -0.4 is 5.43 Å². The number of amides is 1. The van der Waals surface area contributed by atoms with E-state index in [1.165, 1.54) is 0 Å². The normalized spacial score (nSPS) is 12.4. The molecule has 5 nitrogen and oxygen atoms in total. The molecule has 3 rings (SSSR count). The first kappa shape index (κ1) is 17.6. The number of hydrogen-bond acceptors (Lipinski definition) is 3. The van der Waals surface area contributed by atoms with Gasteiger partial charge >= 0.3 is 0 Å². The molecule has 0 saturated carbocycles. The van der Waals surface area contributed by atoms with Gasteiger partial charge in [0.05, 0.1) is 6.21 Å². The van der Waals surface area contributed by atoms with Gasteiger partial charge in [-0.2, -0.15) is 5.10 Å². The van der Waals surface area contributed by atoms with Gasteiger partial charge < -0.3 is 9.67 Å². The van der Waals surface area contributed by atoms with Gasteiger partial charge in [-0.1, -0.05) is 54.6 Å². The number of carbonyl (C=O) groups is 1. The highest BCUT2D eigenvalue weighted by atomic mass is 16.3. The molecular weight excluding hydrogens is 326 g/mol. The van der Waals surface area contributed by atoms with Crippen LogP contribution in [-0.2, 0) is 11.3 Å². The van der Waals surface area contributed by atoms with E-state index in [4.69, 9.17) is 0 Å². The molecule has 1 atom stereocenters. The summed E-state index contributed by atoms with van der Waals surface area (Å²) in [6, 6.07) is 16.8. The number of para-hydroxylation sites is 1. The molecule has 0 aliphatic heterocycles. The zero-order chi connectivity index (χ0) is 18.5. The average molecular weight is 347 g/mol. The first-order chi connectivity index (χ1) is 12.6. The van der Waals surface area contributed by atoms with E-state index in [0.29, 0.717) is 12.1 Å². The summed E-state index contributed by atoms with van der Waals surface area (Å²) in [5.74, 6) is -0.570. The highest BCUT2D eigenvalue weighted by Gasteiger charge is 2.16. The van der Waals surface area contributed by atoms with Crippen molar-refractivity contribution in [2.24, 2.45) is 5.10 Å². The third kappa shape index (κ3) is 3.43. The molecule has 1 unspecified atom stereocenters. The van der Waals surface area contributed by atoms with Crippen molar-refractivity contribution in [2.75, 3.05) is 0 Å². The Morgan fingerprint density at radius 3 is 2.65 bits per heavy atom. The van der Waals surface area contributed by atoms with Crippen molar-refractivity contribution in [2.45, 2.75) is 19.6 Å². The molecule has 26 heavy (non-hydrogen) atoms. The van der Waals surface area contributed by atoms with E-state index < -0.39 is 12.0 Å². The molecule has 0 radical (unpaired) electrons. The summed E-state index contributed by atoms with van der Waals surface area (Å²) in [5, 5.41) is 15.2. The topological polar surface area (TPSA) is 66.6 Å². The predicted molar refractivity (Wildman–Crippen MR) is 104 cm³/mol. The molecule has 1 aromatic heterocycles. The summed E-state index contributed by atoms with van der Waals surface area (Å²) in [4.78, 5) is 12.1. The number of aliphatic hydroxyl groups is 1. The van der Waals surface area contributed by atoms with Gasteiger partial charge in [0.2, 0.25) is 0 Å². The maximum Gasteiger partial charge on any atom is 0.273 e. The second kappa shape index (κ2) is 7.80. The number of aromatic nitrogens is 1. The van der Waals surface area contributed by atoms with Crippen molar-refractivity contribution >= 4 is 23.0 Å². The molecule has 132 valence electrons. The smallest absolute Gasteiger partial charge is 0.273 e. The number of allylic oxidation sites excluding steroid dienone is 1. The number of nitrogens with one attached hydrogen (secondary N) is 1. The molecule has 5 heteroatoms. The lowest BCUT2D eigenvalue weighted by molar-refractivity contribution is -0.129. The molecule has 1 heterocycles. The third-order valence-electron chi connectivity index (χ3n) is 4.32. The molecule has 0 aliphatic rings. The van der Waals surface area contributed by atoms with Crippen LogP contribution in [0.2, 0.25) is 0 Å². The molecule has 0 saturated heterocycles. The van der Waals surface area contributed by atoms with Crippen LogP contribution in [0.3, 0.4) is 0 Å². The van der Waals surface area contributed by atoms with E-state index in [0.717, 1.165) is 22.2 Å². The summed E-state index contributed by atoms with van der Waals surface area (Å²) < 4.78 is 2.14. The minimum atomic E-state index is -1.25. The maximum absolute atomic E-state index is 12.1. The van der Waals surface area contributed by atoms with E-state index in [1.807, 2.05) is 43.3 Å². The first-order valence-electron chi connectivity index (χ1n) is 8.38. The van der Waals surface area contributed by atoms with Crippen LogP contribution in [0.1, 0.15) is 22.9 Å². The van der Waals surface area contributed by atoms with Crippen LogP contribution in [0.15, 0.2) is 72.4 Å². The van der Waals surface area contributed by atoms with E-state index in [1.54, 1.807) is 30.5 Å². The molecule has 2 aromatic carbocycles. The zero-order valence-electron chi connectivity index (χ0n) is 14.6. The highest BCUT2D eigenvalue weighted by molar-refractivity contribution is 6.01. The minimum Gasteiger partial charge on any atom is -0.378 e. The number of aliphatic hydroxyl groups excluding tert-OH is 1. The minimum absolute atomic E-state index is 0.527. The number of rotatable bonds is 6. The van der Waals surface area contributed by atoms with Crippen LogP contribution in [0.4, 0.5) is 0 Å². The molecule has 0 fully saturated rings. The fraction of sp³-hybridized carbons (Fsp3) is 0.143. The molecule has 3 aromatic rings. The summed E-state index contributed by atoms with van der Waals surface area (Å²) in [7, 11) is 0. The van der Waals surface area contributed by atoms with Crippen LogP contribution in [0.5, 0.6) is 0 Å². The van der Waals surface area contributed by atoms with Gasteiger partial charge in [-0.25, -0.2) is 5.43 Å². The monoisotopic (exact) mass is 347 g/mol. The molecule has 0 spiro atoms. The van der Waals surface area contributed by atoms with Crippen LogP contribution in [0, 0.1) is 6.92 Å². The zero-order valence-corrected chi connectivity index (χ0v) is 14.6. The summed E-state index contributed by atoms with van der Waals surface area (Å²) >= 11 is 0. The Balaban J connectivity index is 1.82. The summed E-state index contributed by atoms with van der Waals surface area (Å²) in [6.45, 7) is 6.51. The fourth-order valence-electron chi connectivity index (χ4n) is 2.99. The number of carbonyl (C=O) groups excluding carboxylic acids is 1. The Hall–Kier alpha value is -3.18. The van der Waals surface area contributed by atoms with E-state index in [9.17, 15) is 9.90 Å². The van der Waals surface area contributed by atoms with Crippen molar-refractivity contribution < 1.29 is 9.90 Å². The number of hydrogen-bond donors (Lipinski definition) is 2. The fourth-order valence-corrected chi connectivity index (χ4v) is 2.99. The lowest BCUT2D eigenvalue weighted by Gasteiger charge is -2.08. The van der Waals surface area contributed by atoms with Crippen molar-refractivity contribution in [3.05, 3.63) is 84.1 Å². The molecular formula is C21H21N3O2. The first-order valence-corrected chi connectivity index (χ1v) is 8.38. The Morgan fingerprint density at radius 2 is 1.92 bits per heavy atom. The quantitative estimate of drug-likeness (QED) is 0.408. The average Bonchev–Trinajstić information content (AvgIpc) is 2.94. The number of hydrazone groups is 1. The number of fused-ring (bicyclic) bond motifs is 1. The molecule has 1 amide bonds. The predicted octanol–water partition coefficient (Wildman–Crippen LogP) is 3.32. The van der Waals surface area contributed by atoms with Gasteiger partial charge in [0.15, 0.2) is 6.10 Å². The summed E-state index contributed by atoms with van der Waals surface area (Å²) in [6.07, 6.45) is 2.21. The van der Waals surface area contributed by atoms with Gasteiger partial charge in [-0.3, -0.25) is 4.79 Å². The molecule has 2 N–H and O–H groups in total. The van der Waals surface area contributed by atoms with Gasteiger partial charge in [0.25, 0.3) is 5.91 Å². The lowest BCUT2D eigenvalue weighted by atomic mass is 10.1. The largest absolute Gasteiger partial charge is 0.378 e. The van der Waals surface area contributed by atoms with Crippen LogP contribution in [-0.4, -0.2) is 21.8 Å². The second-order valence-electron chi connectivity index (χ2n) is 5.96. The van der Waals surface area contributed by atoms with Crippen LogP contribution >= 0.6 is 0 Å². The van der Waals surface area contributed by atoms with E-state index >= 15 is 0 Å². The Kier molecular flexibility index (Phi) is 5.29. The Bertz CT molecular complexity index is 958. The SMILES string of the molecule is C=CCn1c(C)c(/C=N/NC(=O)C(O)c2ccccc2)c2ccccc21. The Labute approximate surface area is 152 Å². The number of benzene rings is 2. The highest BCUT2D eigenvalue weighted by Crippen LogP contribution is 2.24. The molecule has 0 aliphatic carbocycles. The third-order valence-corrected chi connectivity index (χ3v) is 4.32. The van der Waals surface area contributed by atoms with Gasteiger partial charge in [0, 0.05) is 28.7 Å². The van der Waals surface area contributed by atoms with Gasteiger partial charge in [-0.15, -0.1) is 6.58 Å². The van der Waals surface area contributed by atoms with Gasteiger partial charge in [0.1, 0.15) is 0 Å².